The molecule has 0 aromatic heterocycles. The summed E-state index contributed by atoms with van der Waals surface area (Å²) in [6.45, 7) is 1.09. The highest BCUT2D eigenvalue weighted by molar-refractivity contribution is 5.96. The predicted molar refractivity (Wildman–Crippen MR) is 69.2 cm³/mol. The van der Waals surface area contributed by atoms with Crippen LogP contribution < -0.4 is 15.2 Å². The minimum Gasteiger partial charge on any atom is -0.493 e. The van der Waals surface area contributed by atoms with Crippen LogP contribution >= 0.6 is 0 Å². The van der Waals surface area contributed by atoms with Gasteiger partial charge in [-0.2, -0.15) is 0 Å². The Kier molecular flexibility index (Phi) is 4.20. The van der Waals surface area contributed by atoms with Gasteiger partial charge in [-0.05, 0) is 43.5 Å². The molecule has 0 aliphatic heterocycles. The van der Waals surface area contributed by atoms with E-state index in [1.165, 1.54) is 12.8 Å². The van der Waals surface area contributed by atoms with Crippen LogP contribution in [0.2, 0.25) is 0 Å². The highest BCUT2D eigenvalue weighted by Crippen LogP contribution is 2.33. The highest BCUT2D eigenvalue weighted by atomic mass is 16.5. The van der Waals surface area contributed by atoms with Crippen molar-refractivity contribution in [2.75, 3.05) is 20.3 Å². The number of hydrogen-bond acceptors (Lipinski definition) is 4. The standard InChI is InChI=1S/C14H19NO3/c1-17-14-8-11(12(16)6-7-15)4-5-13(14)18-9-10-2-3-10/h4-5,8,10H,2-3,6-7,9,15H2,1H3. The van der Waals surface area contributed by atoms with Crippen LogP contribution in [-0.2, 0) is 0 Å². The van der Waals surface area contributed by atoms with Gasteiger partial charge >= 0.3 is 0 Å². The van der Waals surface area contributed by atoms with Gasteiger partial charge in [0.05, 0.1) is 13.7 Å². The molecule has 2 N–H and O–H groups in total. The van der Waals surface area contributed by atoms with Crippen molar-refractivity contribution in [3.05, 3.63) is 23.8 Å². The molecule has 2 rings (SSSR count). The molecule has 1 aliphatic carbocycles. The fourth-order valence-corrected chi connectivity index (χ4v) is 1.73. The fraction of sp³-hybridized carbons (Fsp3) is 0.500. The Balaban J connectivity index is 2.08. The quantitative estimate of drug-likeness (QED) is 0.751. The number of rotatable bonds is 7. The summed E-state index contributed by atoms with van der Waals surface area (Å²) in [5.41, 5.74) is 6.00. The topological polar surface area (TPSA) is 61.5 Å². The lowest BCUT2D eigenvalue weighted by Crippen LogP contribution is -2.08. The van der Waals surface area contributed by atoms with Gasteiger partial charge in [0, 0.05) is 12.0 Å². The summed E-state index contributed by atoms with van der Waals surface area (Å²) in [7, 11) is 1.58. The summed E-state index contributed by atoms with van der Waals surface area (Å²) in [5.74, 6) is 2.03. The van der Waals surface area contributed by atoms with E-state index in [-0.39, 0.29) is 5.78 Å². The lowest BCUT2D eigenvalue weighted by atomic mass is 10.1. The second-order valence-corrected chi connectivity index (χ2v) is 4.58. The maximum absolute atomic E-state index is 11.7. The molecule has 0 atom stereocenters. The third-order valence-electron chi connectivity index (χ3n) is 3.03. The number of methoxy groups -OCH3 is 1. The molecular weight excluding hydrogens is 230 g/mol. The SMILES string of the molecule is COc1cc(C(=O)CCN)ccc1OCC1CC1. The number of benzene rings is 1. The number of ether oxygens (including phenoxy) is 2. The molecule has 1 aliphatic rings. The first kappa shape index (κ1) is 12.9. The van der Waals surface area contributed by atoms with Crippen molar-refractivity contribution >= 4 is 5.78 Å². The van der Waals surface area contributed by atoms with Crippen molar-refractivity contribution in [3.63, 3.8) is 0 Å². The monoisotopic (exact) mass is 249 g/mol. The molecule has 0 bridgehead atoms. The molecule has 4 nitrogen and oxygen atoms in total. The summed E-state index contributed by atoms with van der Waals surface area (Å²) in [5, 5.41) is 0. The van der Waals surface area contributed by atoms with Gasteiger partial charge in [0.25, 0.3) is 0 Å². The van der Waals surface area contributed by atoms with Crippen LogP contribution in [0.25, 0.3) is 0 Å². The smallest absolute Gasteiger partial charge is 0.164 e. The van der Waals surface area contributed by atoms with Gasteiger partial charge in [0.15, 0.2) is 17.3 Å². The molecule has 0 saturated heterocycles. The number of Topliss-reactive ketones (excluding diaryl/α,β-unsaturated/α-hetero) is 1. The van der Waals surface area contributed by atoms with Crippen molar-refractivity contribution in [1.29, 1.82) is 0 Å². The third kappa shape index (κ3) is 3.23. The zero-order valence-corrected chi connectivity index (χ0v) is 10.6. The summed E-state index contributed by atoms with van der Waals surface area (Å²) < 4.78 is 10.9. The van der Waals surface area contributed by atoms with Gasteiger partial charge in [-0.1, -0.05) is 0 Å². The zero-order valence-electron chi connectivity index (χ0n) is 10.6. The van der Waals surface area contributed by atoms with E-state index in [2.05, 4.69) is 0 Å². The highest BCUT2D eigenvalue weighted by Gasteiger charge is 2.22. The zero-order chi connectivity index (χ0) is 13.0. The van der Waals surface area contributed by atoms with Crippen molar-refractivity contribution in [1.82, 2.24) is 0 Å². The second kappa shape index (κ2) is 5.87. The maximum atomic E-state index is 11.7. The largest absolute Gasteiger partial charge is 0.493 e. The first-order valence-electron chi connectivity index (χ1n) is 6.28. The normalized spacial score (nSPS) is 14.3. The third-order valence-corrected chi connectivity index (χ3v) is 3.03. The first-order chi connectivity index (χ1) is 8.74. The number of carbonyl (C=O) groups excluding carboxylic acids is 1. The van der Waals surface area contributed by atoms with E-state index in [1.54, 1.807) is 25.3 Å². The first-order valence-corrected chi connectivity index (χ1v) is 6.28. The summed E-state index contributed by atoms with van der Waals surface area (Å²) in [6.07, 6.45) is 2.84. The van der Waals surface area contributed by atoms with Gasteiger partial charge in [-0.15, -0.1) is 0 Å². The Morgan fingerprint density at radius 2 is 2.17 bits per heavy atom. The Labute approximate surface area is 107 Å². The number of nitrogens with two attached hydrogens (primary N) is 1. The molecule has 0 radical (unpaired) electrons. The molecule has 1 fully saturated rings. The predicted octanol–water partition coefficient (Wildman–Crippen LogP) is 2.02. The Bertz CT molecular complexity index is 427. The van der Waals surface area contributed by atoms with Crippen molar-refractivity contribution in [3.8, 4) is 11.5 Å². The molecule has 98 valence electrons. The Morgan fingerprint density at radius 1 is 1.39 bits per heavy atom. The van der Waals surface area contributed by atoms with Gasteiger partial charge < -0.3 is 15.2 Å². The van der Waals surface area contributed by atoms with Gasteiger partial charge in [0.2, 0.25) is 0 Å². The van der Waals surface area contributed by atoms with Gasteiger partial charge in [-0.3, -0.25) is 4.79 Å². The van der Waals surface area contributed by atoms with Crippen LogP contribution in [0.3, 0.4) is 0 Å². The fourth-order valence-electron chi connectivity index (χ4n) is 1.73. The number of hydrogen-bond donors (Lipinski definition) is 1. The number of ketones is 1. The van der Waals surface area contributed by atoms with Crippen LogP contribution in [-0.4, -0.2) is 26.0 Å². The van der Waals surface area contributed by atoms with E-state index >= 15 is 0 Å². The van der Waals surface area contributed by atoms with Crippen LogP contribution in [0, 0.1) is 5.92 Å². The van der Waals surface area contributed by atoms with Gasteiger partial charge in [0.1, 0.15) is 0 Å². The average molecular weight is 249 g/mol. The molecule has 4 heteroatoms. The Morgan fingerprint density at radius 3 is 2.78 bits per heavy atom. The summed E-state index contributed by atoms with van der Waals surface area (Å²) >= 11 is 0. The van der Waals surface area contributed by atoms with Gasteiger partial charge in [-0.25, -0.2) is 0 Å². The van der Waals surface area contributed by atoms with E-state index in [9.17, 15) is 4.79 Å². The van der Waals surface area contributed by atoms with Crippen LogP contribution in [0.5, 0.6) is 11.5 Å². The minimum atomic E-state index is 0.0320. The molecule has 1 saturated carbocycles. The van der Waals surface area contributed by atoms with Crippen LogP contribution in [0.4, 0.5) is 0 Å². The van der Waals surface area contributed by atoms with Crippen molar-refractivity contribution in [2.24, 2.45) is 11.7 Å². The summed E-state index contributed by atoms with van der Waals surface area (Å²) in [6, 6.07) is 5.29. The summed E-state index contributed by atoms with van der Waals surface area (Å²) in [4.78, 5) is 11.7. The molecule has 1 aromatic carbocycles. The lowest BCUT2D eigenvalue weighted by molar-refractivity contribution is 0.0985. The van der Waals surface area contributed by atoms with E-state index in [0.717, 1.165) is 6.61 Å². The molecule has 0 spiro atoms. The lowest BCUT2D eigenvalue weighted by Gasteiger charge is -2.11. The van der Waals surface area contributed by atoms with Crippen LogP contribution in [0.15, 0.2) is 18.2 Å². The van der Waals surface area contributed by atoms with E-state index in [0.29, 0.717) is 35.9 Å². The van der Waals surface area contributed by atoms with E-state index < -0.39 is 0 Å². The molecule has 18 heavy (non-hydrogen) atoms. The molecule has 0 unspecified atom stereocenters. The maximum Gasteiger partial charge on any atom is 0.164 e. The van der Waals surface area contributed by atoms with E-state index in [4.69, 9.17) is 15.2 Å². The molecule has 0 amide bonds. The number of carbonyl (C=O) groups is 1. The van der Waals surface area contributed by atoms with Crippen LogP contribution in [0.1, 0.15) is 29.6 Å². The average Bonchev–Trinajstić information content (AvgIpc) is 3.20. The Hall–Kier alpha value is -1.55. The molecular formula is C14H19NO3. The van der Waals surface area contributed by atoms with E-state index in [1.807, 2.05) is 0 Å². The van der Waals surface area contributed by atoms with Crippen molar-refractivity contribution < 1.29 is 14.3 Å². The molecule has 1 aromatic rings. The van der Waals surface area contributed by atoms with Crippen molar-refractivity contribution in [2.45, 2.75) is 19.3 Å². The minimum absolute atomic E-state index is 0.0320. The molecule has 0 heterocycles. The second-order valence-electron chi connectivity index (χ2n) is 4.58.